The SMILES string of the molecule is C[C@H]1CCc2sc(N=Cc3ccccc3OC(F)F)c(C#N)c2C1. The topological polar surface area (TPSA) is 45.4 Å². The molecule has 3 nitrogen and oxygen atoms in total. The van der Waals surface area contributed by atoms with E-state index in [1.165, 1.54) is 28.5 Å². The number of aryl methyl sites for hydroxylation is 1. The number of nitrogens with zero attached hydrogens (tertiary/aromatic N) is 2. The first-order chi connectivity index (χ1) is 11.6. The Morgan fingerprint density at radius 3 is 2.96 bits per heavy atom. The number of hydrogen-bond donors (Lipinski definition) is 0. The molecule has 1 aromatic carbocycles. The molecule has 0 saturated heterocycles. The highest BCUT2D eigenvalue weighted by atomic mass is 32.1. The fraction of sp³-hybridized carbons (Fsp3) is 0.333. The maximum Gasteiger partial charge on any atom is 0.387 e. The molecule has 2 aromatic rings. The Balaban J connectivity index is 1.92. The van der Waals surface area contributed by atoms with E-state index in [1.54, 1.807) is 18.2 Å². The number of nitriles is 1. The van der Waals surface area contributed by atoms with Crippen molar-refractivity contribution in [2.45, 2.75) is 32.8 Å². The van der Waals surface area contributed by atoms with Gasteiger partial charge >= 0.3 is 6.61 Å². The molecule has 124 valence electrons. The molecule has 0 spiro atoms. The minimum absolute atomic E-state index is 0.0738. The highest BCUT2D eigenvalue weighted by Crippen LogP contribution is 2.40. The van der Waals surface area contributed by atoms with Gasteiger partial charge in [-0.05, 0) is 42.9 Å². The molecule has 0 unspecified atom stereocenters. The zero-order chi connectivity index (χ0) is 17.1. The smallest absolute Gasteiger partial charge is 0.387 e. The van der Waals surface area contributed by atoms with E-state index >= 15 is 0 Å². The van der Waals surface area contributed by atoms with Crippen LogP contribution in [0, 0.1) is 17.2 Å². The monoisotopic (exact) mass is 346 g/mol. The summed E-state index contributed by atoms with van der Waals surface area (Å²) in [5.41, 5.74) is 2.18. The van der Waals surface area contributed by atoms with Crippen LogP contribution in [0.4, 0.5) is 13.8 Å². The Hall–Kier alpha value is -2.26. The van der Waals surface area contributed by atoms with Gasteiger partial charge in [-0.15, -0.1) is 11.3 Å². The van der Waals surface area contributed by atoms with Crippen molar-refractivity contribution in [2.24, 2.45) is 10.9 Å². The second-order valence-electron chi connectivity index (χ2n) is 5.82. The number of rotatable bonds is 4. The summed E-state index contributed by atoms with van der Waals surface area (Å²) in [5, 5.41) is 10.1. The minimum Gasteiger partial charge on any atom is -0.434 e. The van der Waals surface area contributed by atoms with Gasteiger partial charge < -0.3 is 4.74 Å². The van der Waals surface area contributed by atoms with Crippen LogP contribution in [-0.4, -0.2) is 12.8 Å². The van der Waals surface area contributed by atoms with Crippen LogP contribution in [0.1, 0.15) is 34.9 Å². The van der Waals surface area contributed by atoms with Crippen LogP contribution < -0.4 is 4.74 Å². The van der Waals surface area contributed by atoms with Crippen LogP contribution in [0.25, 0.3) is 0 Å². The van der Waals surface area contributed by atoms with Crippen molar-refractivity contribution < 1.29 is 13.5 Å². The Morgan fingerprint density at radius 2 is 2.21 bits per heavy atom. The van der Waals surface area contributed by atoms with Gasteiger partial charge in [0.2, 0.25) is 0 Å². The highest BCUT2D eigenvalue weighted by Gasteiger charge is 2.23. The summed E-state index contributed by atoms with van der Waals surface area (Å²) in [6.07, 6.45) is 4.47. The molecule has 0 fully saturated rings. The Bertz CT molecular complexity index is 808. The average molecular weight is 346 g/mol. The molecule has 0 N–H and O–H groups in total. The number of hydrogen-bond acceptors (Lipinski definition) is 4. The molecule has 24 heavy (non-hydrogen) atoms. The van der Waals surface area contributed by atoms with Crippen LogP contribution in [0.15, 0.2) is 29.3 Å². The lowest BCUT2D eigenvalue weighted by Crippen LogP contribution is -2.09. The third-order valence-corrected chi connectivity index (χ3v) is 5.26. The zero-order valence-electron chi connectivity index (χ0n) is 13.1. The summed E-state index contributed by atoms with van der Waals surface area (Å²) in [6, 6.07) is 8.73. The van der Waals surface area contributed by atoms with Gasteiger partial charge in [-0.3, -0.25) is 0 Å². The molecular formula is C18H16F2N2OS. The third-order valence-electron chi connectivity index (χ3n) is 4.06. The molecule has 6 heteroatoms. The molecule has 0 aliphatic heterocycles. The van der Waals surface area contributed by atoms with Crippen molar-refractivity contribution >= 4 is 22.6 Å². The maximum absolute atomic E-state index is 12.5. The quantitative estimate of drug-likeness (QED) is 0.723. The van der Waals surface area contributed by atoms with E-state index in [2.05, 4.69) is 22.7 Å². The summed E-state index contributed by atoms with van der Waals surface area (Å²) < 4.78 is 29.4. The lowest BCUT2D eigenvalue weighted by atomic mass is 9.88. The number of fused-ring (bicyclic) bond motifs is 1. The van der Waals surface area contributed by atoms with E-state index in [0.717, 1.165) is 24.8 Å². The number of ether oxygens (including phenoxy) is 1. The van der Waals surface area contributed by atoms with Crippen molar-refractivity contribution in [3.8, 4) is 11.8 Å². The number of halogens is 2. The lowest BCUT2D eigenvalue weighted by molar-refractivity contribution is -0.0499. The van der Waals surface area contributed by atoms with E-state index < -0.39 is 6.61 Å². The molecule has 0 saturated carbocycles. The molecule has 0 bridgehead atoms. The number of benzene rings is 1. The maximum atomic E-state index is 12.5. The largest absolute Gasteiger partial charge is 0.434 e. The zero-order valence-corrected chi connectivity index (χ0v) is 13.9. The molecule has 1 aromatic heterocycles. The molecule has 1 aliphatic carbocycles. The summed E-state index contributed by atoms with van der Waals surface area (Å²) in [7, 11) is 0. The fourth-order valence-electron chi connectivity index (χ4n) is 2.87. The van der Waals surface area contributed by atoms with Crippen LogP contribution in [0.2, 0.25) is 0 Å². The van der Waals surface area contributed by atoms with Crippen molar-refractivity contribution in [1.82, 2.24) is 0 Å². The van der Waals surface area contributed by atoms with Gasteiger partial charge in [0.05, 0.1) is 5.56 Å². The second-order valence-corrected chi connectivity index (χ2v) is 6.90. The molecule has 1 aliphatic rings. The van der Waals surface area contributed by atoms with Gasteiger partial charge in [-0.2, -0.15) is 14.0 Å². The van der Waals surface area contributed by atoms with E-state index in [9.17, 15) is 14.0 Å². The lowest BCUT2D eigenvalue weighted by Gasteiger charge is -2.17. The van der Waals surface area contributed by atoms with Crippen LogP contribution in [0.5, 0.6) is 5.75 Å². The molecule has 0 amide bonds. The fourth-order valence-corrected chi connectivity index (χ4v) is 4.01. The minimum atomic E-state index is -2.88. The van der Waals surface area contributed by atoms with Crippen molar-refractivity contribution in [1.29, 1.82) is 5.26 Å². The van der Waals surface area contributed by atoms with E-state index in [1.807, 2.05) is 0 Å². The van der Waals surface area contributed by atoms with Gasteiger partial charge in [-0.1, -0.05) is 19.1 Å². The first kappa shape index (κ1) is 16.6. The van der Waals surface area contributed by atoms with Gasteiger partial charge in [0.1, 0.15) is 16.8 Å². The summed E-state index contributed by atoms with van der Waals surface area (Å²) in [4.78, 5) is 5.61. The second kappa shape index (κ2) is 7.10. The Morgan fingerprint density at radius 1 is 1.42 bits per heavy atom. The van der Waals surface area contributed by atoms with E-state index in [0.29, 0.717) is 22.0 Å². The van der Waals surface area contributed by atoms with Crippen molar-refractivity contribution in [3.05, 3.63) is 45.8 Å². The van der Waals surface area contributed by atoms with Crippen molar-refractivity contribution in [3.63, 3.8) is 0 Å². The van der Waals surface area contributed by atoms with Gasteiger partial charge in [0, 0.05) is 16.7 Å². The Kier molecular flexibility index (Phi) is 4.91. The van der Waals surface area contributed by atoms with Crippen LogP contribution in [-0.2, 0) is 12.8 Å². The van der Waals surface area contributed by atoms with E-state index in [-0.39, 0.29) is 5.75 Å². The van der Waals surface area contributed by atoms with Gasteiger partial charge in [0.15, 0.2) is 0 Å². The number of alkyl halides is 2. The van der Waals surface area contributed by atoms with E-state index in [4.69, 9.17) is 0 Å². The number of para-hydroxylation sites is 1. The number of aliphatic imine (C=N–C) groups is 1. The number of thiophene rings is 1. The average Bonchev–Trinajstić information content (AvgIpc) is 2.90. The molecule has 3 rings (SSSR count). The van der Waals surface area contributed by atoms with Crippen LogP contribution >= 0.6 is 11.3 Å². The van der Waals surface area contributed by atoms with Crippen LogP contribution in [0.3, 0.4) is 0 Å². The molecule has 1 atom stereocenters. The first-order valence-electron chi connectivity index (χ1n) is 7.71. The summed E-state index contributed by atoms with van der Waals surface area (Å²) >= 11 is 1.52. The van der Waals surface area contributed by atoms with Gasteiger partial charge in [0.25, 0.3) is 0 Å². The predicted octanol–water partition coefficient (Wildman–Crippen LogP) is 5.10. The first-order valence-corrected chi connectivity index (χ1v) is 8.52. The predicted molar refractivity (Wildman–Crippen MR) is 90.6 cm³/mol. The highest BCUT2D eigenvalue weighted by molar-refractivity contribution is 7.16. The normalized spacial score (nSPS) is 17.0. The standard InChI is InChI=1S/C18H16F2N2OS/c1-11-6-7-16-13(8-11)14(9-21)17(24-16)22-10-12-4-2-3-5-15(12)23-18(19)20/h2-5,10-11,18H,6-8H2,1H3/t11-/m0/s1. The molecule has 0 radical (unpaired) electrons. The van der Waals surface area contributed by atoms with Crippen molar-refractivity contribution in [2.75, 3.05) is 0 Å². The summed E-state index contributed by atoms with van der Waals surface area (Å²) in [5.74, 6) is 0.640. The molecular weight excluding hydrogens is 330 g/mol. The third kappa shape index (κ3) is 3.46. The molecule has 1 heterocycles. The summed E-state index contributed by atoms with van der Waals surface area (Å²) in [6.45, 7) is -0.701. The Labute approximate surface area is 143 Å². The van der Waals surface area contributed by atoms with Gasteiger partial charge in [-0.25, -0.2) is 4.99 Å².